The Labute approximate surface area is 125 Å². The Morgan fingerprint density at radius 1 is 1.45 bits per heavy atom. The minimum atomic E-state index is -0.158. The fourth-order valence-electron chi connectivity index (χ4n) is 2.62. The lowest BCUT2D eigenvalue weighted by Crippen LogP contribution is -2.45. The molecule has 0 saturated carbocycles. The van der Waals surface area contributed by atoms with Crippen molar-refractivity contribution in [1.29, 1.82) is 0 Å². The van der Waals surface area contributed by atoms with E-state index in [9.17, 15) is 4.39 Å². The molecule has 1 heterocycles. The fraction of sp³-hybridized carbons (Fsp3) is 0.625. The zero-order valence-corrected chi connectivity index (χ0v) is 13.4. The van der Waals surface area contributed by atoms with Crippen molar-refractivity contribution in [2.45, 2.75) is 44.5 Å². The van der Waals surface area contributed by atoms with Crippen molar-refractivity contribution >= 4 is 11.8 Å². The van der Waals surface area contributed by atoms with Crippen LogP contribution in [0.3, 0.4) is 0 Å². The summed E-state index contributed by atoms with van der Waals surface area (Å²) < 4.78 is 13.6. The maximum absolute atomic E-state index is 13.6. The van der Waals surface area contributed by atoms with E-state index in [1.165, 1.54) is 5.75 Å². The molecule has 1 aliphatic heterocycles. The van der Waals surface area contributed by atoms with E-state index in [4.69, 9.17) is 5.73 Å². The van der Waals surface area contributed by atoms with Crippen LogP contribution in [0.1, 0.15) is 37.4 Å². The Morgan fingerprint density at radius 3 is 2.90 bits per heavy atom. The van der Waals surface area contributed by atoms with Gasteiger partial charge in [-0.1, -0.05) is 19.1 Å². The lowest BCUT2D eigenvalue weighted by molar-refractivity contribution is 0.205. The number of thioether (sulfide) groups is 1. The summed E-state index contributed by atoms with van der Waals surface area (Å²) in [7, 11) is 0. The van der Waals surface area contributed by atoms with Crippen LogP contribution >= 0.6 is 11.8 Å². The average Bonchev–Trinajstić information content (AvgIpc) is 2.43. The average molecular weight is 296 g/mol. The minimum absolute atomic E-state index is 0.0813. The number of nitrogens with two attached hydrogens (primary N) is 1. The molecule has 3 unspecified atom stereocenters. The number of halogens is 1. The first-order chi connectivity index (χ1) is 9.49. The highest BCUT2D eigenvalue weighted by atomic mass is 32.2. The molecule has 20 heavy (non-hydrogen) atoms. The largest absolute Gasteiger partial charge is 0.324 e. The summed E-state index contributed by atoms with van der Waals surface area (Å²) in [6.45, 7) is 8.47. The third-order valence-electron chi connectivity index (χ3n) is 4.37. The summed E-state index contributed by atoms with van der Waals surface area (Å²) in [5.74, 6) is 1.04. The summed E-state index contributed by atoms with van der Waals surface area (Å²) in [4.78, 5) is 2.51. The highest BCUT2D eigenvalue weighted by Gasteiger charge is 2.25. The monoisotopic (exact) mass is 296 g/mol. The van der Waals surface area contributed by atoms with Gasteiger partial charge in [-0.15, -0.1) is 0 Å². The van der Waals surface area contributed by atoms with E-state index in [1.807, 2.05) is 23.9 Å². The van der Waals surface area contributed by atoms with Gasteiger partial charge >= 0.3 is 0 Å². The Hall–Kier alpha value is -0.580. The van der Waals surface area contributed by atoms with Crippen molar-refractivity contribution in [2.24, 2.45) is 5.73 Å². The van der Waals surface area contributed by atoms with E-state index in [1.54, 1.807) is 13.0 Å². The molecule has 2 N–H and O–H groups in total. The van der Waals surface area contributed by atoms with Crippen LogP contribution in [0.25, 0.3) is 0 Å². The van der Waals surface area contributed by atoms with Gasteiger partial charge in [0.1, 0.15) is 5.82 Å². The summed E-state index contributed by atoms with van der Waals surface area (Å²) in [5.41, 5.74) is 7.79. The molecule has 2 nitrogen and oxygen atoms in total. The SMILES string of the molecule is Cc1ccc(C(N)CCN2CCSC(C)C2C)cc1F. The van der Waals surface area contributed by atoms with Gasteiger partial charge in [-0.3, -0.25) is 4.90 Å². The van der Waals surface area contributed by atoms with Gasteiger partial charge in [0.05, 0.1) is 0 Å². The smallest absolute Gasteiger partial charge is 0.126 e. The second kappa shape index (κ2) is 6.92. The summed E-state index contributed by atoms with van der Waals surface area (Å²) >= 11 is 2.04. The first-order valence-corrected chi connectivity index (χ1v) is 8.41. The van der Waals surface area contributed by atoms with Crippen molar-refractivity contribution < 1.29 is 4.39 Å². The second-order valence-electron chi connectivity index (χ2n) is 5.76. The van der Waals surface area contributed by atoms with Crippen molar-refractivity contribution in [3.05, 3.63) is 35.1 Å². The molecule has 1 saturated heterocycles. The summed E-state index contributed by atoms with van der Waals surface area (Å²) in [6.07, 6.45) is 0.879. The first-order valence-electron chi connectivity index (χ1n) is 7.36. The molecule has 0 spiro atoms. The third-order valence-corrected chi connectivity index (χ3v) is 5.70. The lowest BCUT2D eigenvalue weighted by Gasteiger charge is -2.38. The van der Waals surface area contributed by atoms with Crippen LogP contribution in [0.15, 0.2) is 18.2 Å². The van der Waals surface area contributed by atoms with E-state index >= 15 is 0 Å². The van der Waals surface area contributed by atoms with Gasteiger partial charge in [0.25, 0.3) is 0 Å². The van der Waals surface area contributed by atoms with Crippen LogP contribution < -0.4 is 5.73 Å². The highest BCUT2D eigenvalue weighted by molar-refractivity contribution is 8.00. The van der Waals surface area contributed by atoms with Crippen LogP contribution in [-0.4, -0.2) is 35.0 Å². The van der Waals surface area contributed by atoms with Crippen LogP contribution in [-0.2, 0) is 0 Å². The van der Waals surface area contributed by atoms with E-state index in [-0.39, 0.29) is 11.9 Å². The van der Waals surface area contributed by atoms with Gasteiger partial charge < -0.3 is 5.73 Å². The molecule has 0 aliphatic carbocycles. The Kier molecular flexibility index (Phi) is 5.47. The fourth-order valence-corrected chi connectivity index (χ4v) is 3.78. The molecule has 2 rings (SSSR count). The third kappa shape index (κ3) is 3.74. The lowest BCUT2D eigenvalue weighted by atomic mass is 10.0. The van der Waals surface area contributed by atoms with Crippen LogP contribution in [0.5, 0.6) is 0 Å². The molecule has 1 aromatic rings. The van der Waals surface area contributed by atoms with Crippen LogP contribution in [0.2, 0.25) is 0 Å². The predicted molar refractivity (Wildman–Crippen MR) is 85.6 cm³/mol. The molecular formula is C16H25FN2S. The van der Waals surface area contributed by atoms with Crippen molar-refractivity contribution in [2.75, 3.05) is 18.8 Å². The van der Waals surface area contributed by atoms with Gasteiger partial charge in [-0.05, 0) is 37.5 Å². The molecule has 0 aromatic heterocycles. The van der Waals surface area contributed by atoms with Crippen LogP contribution in [0.4, 0.5) is 4.39 Å². The van der Waals surface area contributed by atoms with Gasteiger partial charge in [0.15, 0.2) is 0 Å². The van der Waals surface area contributed by atoms with E-state index < -0.39 is 0 Å². The van der Waals surface area contributed by atoms with Gasteiger partial charge in [0.2, 0.25) is 0 Å². The number of nitrogens with zero attached hydrogens (tertiary/aromatic N) is 1. The maximum Gasteiger partial charge on any atom is 0.126 e. The summed E-state index contributed by atoms with van der Waals surface area (Å²) in [5, 5.41) is 0.678. The van der Waals surface area contributed by atoms with E-state index in [0.717, 1.165) is 25.1 Å². The molecule has 0 amide bonds. The molecule has 1 aliphatic rings. The zero-order valence-electron chi connectivity index (χ0n) is 12.6. The first kappa shape index (κ1) is 15.8. The number of hydrogen-bond donors (Lipinski definition) is 1. The topological polar surface area (TPSA) is 29.3 Å². The molecule has 1 aromatic carbocycles. The number of rotatable bonds is 4. The Balaban J connectivity index is 1.91. The summed E-state index contributed by atoms with van der Waals surface area (Å²) in [6, 6.07) is 5.85. The molecule has 0 bridgehead atoms. The normalized spacial score (nSPS) is 25.6. The van der Waals surface area contributed by atoms with Gasteiger partial charge in [-0.25, -0.2) is 4.39 Å². The van der Waals surface area contributed by atoms with Crippen molar-refractivity contribution in [3.8, 4) is 0 Å². The molecule has 0 radical (unpaired) electrons. The number of benzene rings is 1. The molecule has 4 heteroatoms. The van der Waals surface area contributed by atoms with Gasteiger partial charge in [0, 0.05) is 36.2 Å². The number of aryl methyl sites for hydroxylation is 1. The van der Waals surface area contributed by atoms with E-state index in [2.05, 4.69) is 18.7 Å². The Bertz CT molecular complexity index is 452. The quantitative estimate of drug-likeness (QED) is 0.924. The number of hydrogen-bond acceptors (Lipinski definition) is 3. The van der Waals surface area contributed by atoms with Crippen molar-refractivity contribution in [1.82, 2.24) is 4.90 Å². The van der Waals surface area contributed by atoms with Crippen molar-refractivity contribution in [3.63, 3.8) is 0 Å². The van der Waals surface area contributed by atoms with Crippen LogP contribution in [0, 0.1) is 12.7 Å². The Morgan fingerprint density at radius 2 is 2.20 bits per heavy atom. The molecular weight excluding hydrogens is 271 g/mol. The van der Waals surface area contributed by atoms with Gasteiger partial charge in [-0.2, -0.15) is 11.8 Å². The van der Waals surface area contributed by atoms with E-state index in [0.29, 0.717) is 16.9 Å². The standard InChI is InChI=1S/C16H25FN2S/c1-11-4-5-14(10-15(11)17)16(18)6-7-19-8-9-20-13(3)12(19)2/h4-5,10,12-13,16H,6-9,18H2,1-3H3. The predicted octanol–water partition coefficient (Wildman–Crippen LogP) is 3.35. The highest BCUT2D eigenvalue weighted by Crippen LogP contribution is 2.25. The minimum Gasteiger partial charge on any atom is -0.324 e. The molecule has 3 atom stereocenters. The maximum atomic E-state index is 13.6. The zero-order chi connectivity index (χ0) is 14.7. The second-order valence-corrected chi connectivity index (χ2v) is 7.24. The molecule has 112 valence electrons. The molecule has 1 fully saturated rings.